The Labute approximate surface area is 119 Å². The minimum absolute atomic E-state index is 0.434. The summed E-state index contributed by atoms with van der Waals surface area (Å²) in [6.07, 6.45) is 12.8. The van der Waals surface area contributed by atoms with Crippen LogP contribution in [0.5, 0.6) is 0 Å². The van der Waals surface area contributed by atoms with Crippen LogP contribution >= 0.6 is 0 Å². The largest absolute Gasteiger partial charge is 0.308 e. The summed E-state index contributed by atoms with van der Waals surface area (Å²) in [5.41, 5.74) is 0.434. The lowest BCUT2D eigenvalue weighted by molar-refractivity contribution is 0.0407. The van der Waals surface area contributed by atoms with Gasteiger partial charge in [0.1, 0.15) is 0 Å². The molecule has 2 aliphatic rings. The van der Waals surface area contributed by atoms with Crippen molar-refractivity contribution in [2.75, 3.05) is 19.6 Å². The van der Waals surface area contributed by atoms with Gasteiger partial charge in [-0.3, -0.25) is 4.90 Å². The number of nitrogens with zero attached hydrogens (tertiary/aromatic N) is 1. The smallest absolute Gasteiger partial charge is 0.0309 e. The first-order valence-corrected chi connectivity index (χ1v) is 8.31. The minimum atomic E-state index is 0.434. The second-order valence-electron chi connectivity index (χ2n) is 6.67. The molecular weight excluding hydrogens is 232 g/mol. The average molecular weight is 264 g/mol. The maximum Gasteiger partial charge on any atom is 0.0309 e. The third-order valence-corrected chi connectivity index (χ3v) is 5.35. The molecule has 1 heterocycles. The topological polar surface area (TPSA) is 15.3 Å². The SMILES string of the molecule is C/C=C/CN1CC2(CCCCC2)NCC1C(C)CC. The number of hydrogen-bond acceptors (Lipinski definition) is 2. The molecule has 0 aromatic rings. The van der Waals surface area contributed by atoms with Crippen LogP contribution in [0.1, 0.15) is 59.3 Å². The van der Waals surface area contributed by atoms with Crippen molar-refractivity contribution in [1.82, 2.24) is 10.2 Å². The molecule has 1 aliphatic heterocycles. The van der Waals surface area contributed by atoms with Gasteiger partial charge in [-0.25, -0.2) is 0 Å². The zero-order valence-electron chi connectivity index (χ0n) is 13.1. The molecule has 0 radical (unpaired) electrons. The van der Waals surface area contributed by atoms with Crippen molar-refractivity contribution in [3.8, 4) is 0 Å². The Morgan fingerprint density at radius 3 is 2.68 bits per heavy atom. The third-order valence-electron chi connectivity index (χ3n) is 5.35. The van der Waals surface area contributed by atoms with Gasteiger partial charge in [-0.05, 0) is 25.7 Å². The first-order valence-electron chi connectivity index (χ1n) is 8.31. The molecule has 19 heavy (non-hydrogen) atoms. The van der Waals surface area contributed by atoms with Crippen molar-refractivity contribution >= 4 is 0 Å². The molecule has 0 aromatic carbocycles. The van der Waals surface area contributed by atoms with Gasteiger partial charge in [-0.2, -0.15) is 0 Å². The Morgan fingerprint density at radius 2 is 2.05 bits per heavy atom. The van der Waals surface area contributed by atoms with Crippen LogP contribution < -0.4 is 5.32 Å². The van der Waals surface area contributed by atoms with Crippen LogP contribution in [0, 0.1) is 5.92 Å². The lowest BCUT2D eigenvalue weighted by Crippen LogP contribution is -2.65. The fraction of sp³-hybridized carbons (Fsp3) is 0.882. The van der Waals surface area contributed by atoms with Crippen LogP contribution in [0.3, 0.4) is 0 Å². The van der Waals surface area contributed by atoms with Crippen LogP contribution in [0.25, 0.3) is 0 Å². The third kappa shape index (κ3) is 3.61. The molecule has 1 spiro atoms. The molecule has 1 saturated heterocycles. The Kier molecular flexibility index (Phi) is 5.47. The lowest BCUT2D eigenvalue weighted by Gasteiger charge is -2.51. The Hall–Kier alpha value is -0.340. The van der Waals surface area contributed by atoms with Crippen LogP contribution in [0.15, 0.2) is 12.2 Å². The van der Waals surface area contributed by atoms with Crippen molar-refractivity contribution in [2.24, 2.45) is 5.92 Å². The van der Waals surface area contributed by atoms with Gasteiger partial charge in [-0.1, -0.05) is 51.7 Å². The fourth-order valence-corrected chi connectivity index (χ4v) is 3.85. The van der Waals surface area contributed by atoms with Gasteiger partial charge in [0.25, 0.3) is 0 Å². The maximum atomic E-state index is 3.94. The van der Waals surface area contributed by atoms with Gasteiger partial charge in [0.2, 0.25) is 0 Å². The highest BCUT2D eigenvalue weighted by molar-refractivity contribution is 5.02. The van der Waals surface area contributed by atoms with Crippen molar-refractivity contribution in [3.63, 3.8) is 0 Å². The molecule has 2 fully saturated rings. The summed E-state index contributed by atoms with van der Waals surface area (Å²) in [5.74, 6) is 0.790. The van der Waals surface area contributed by atoms with E-state index >= 15 is 0 Å². The summed E-state index contributed by atoms with van der Waals surface area (Å²) in [6.45, 7) is 10.4. The summed E-state index contributed by atoms with van der Waals surface area (Å²) >= 11 is 0. The minimum Gasteiger partial charge on any atom is -0.308 e. The molecule has 2 atom stereocenters. The van der Waals surface area contributed by atoms with Crippen LogP contribution in [-0.2, 0) is 0 Å². The molecule has 1 saturated carbocycles. The molecule has 1 aliphatic carbocycles. The van der Waals surface area contributed by atoms with Crippen LogP contribution in [-0.4, -0.2) is 36.1 Å². The second-order valence-corrected chi connectivity index (χ2v) is 6.67. The molecule has 2 unspecified atom stereocenters. The van der Waals surface area contributed by atoms with Gasteiger partial charge in [0, 0.05) is 31.2 Å². The normalized spacial score (nSPS) is 29.9. The van der Waals surface area contributed by atoms with Gasteiger partial charge in [-0.15, -0.1) is 0 Å². The highest BCUT2D eigenvalue weighted by Crippen LogP contribution is 2.33. The molecular formula is C17H32N2. The van der Waals surface area contributed by atoms with Crippen molar-refractivity contribution in [2.45, 2.75) is 70.9 Å². The number of piperazine rings is 1. The number of hydrogen-bond donors (Lipinski definition) is 1. The molecule has 0 amide bonds. The van der Waals surface area contributed by atoms with E-state index in [0.717, 1.165) is 12.5 Å². The maximum absolute atomic E-state index is 3.94. The summed E-state index contributed by atoms with van der Waals surface area (Å²) in [7, 11) is 0. The van der Waals surface area contributed by atoms with Gasteiger partial charge in [0.05, 0.1) is 0 Å². The zero-order chi connectivity index (χ0) is 13.7. The van der Waals surface area contributed by atoms with Crippen LogP contribution in [0.4, 0.5) is 0 Å². The van der Waals surface area contributed by atoms with Crippen molar-refractivity contribution in [3.05, 3.63) is 12.2 Å². The highest BCUT2D eigenvalue weighted by Gasteiger charge is 2.40. The average Bonchev–Trinajstić information content (AvgIpc) is 2.45. The van der Waals surface area contributed by atoms with E-state index in [0.29, 0.717) is 11.6 Å². The Balaban J connectivity index is 2.04. The highest BCUT2D eigenvalue weighted by atomic mass is 15.3. The number of nitrogens with one attached hydrogen (secondary N) is 1. The van der Waals surface area contributed by atoms with E-state index in [2.05, 4.69) is 43.1 Å². The molecule has 2 nitrogen and oxygen atoms in total. The molecule has 0 bridgehead atoms. The Bertz CT molecular complexity index is 292. The van der Waals surface area contributed by atoms with E-state index in [9.17, 15) is 0 Å². The number of allylic oxidation sites excluding steroid dienone is 1. The summed E-state index contributed by atoms with van der Waals surface area (Å²) in [4.78, 5) is 2.75. The van der Waals surface area contributed by atoms with Gasteiger partial charge in [0.15, 0.2) is 0 Å². The van der Waals surface area contributed by atoms with Crippen LogP contribution in [0.2, 0.25) is 0 Å². The van der Waals surface area contributed by atoms with E-state index in [1.807, 2.05) is 0 Å². The Morgan fingerprint density at radius 1 is 1.32 bits per heavy atom. The van der Waals surface area contributed by atoms with Gasteiger partial charge >= 0.3 is 0 Å². The van der Waals surface area contributed by atoms with Crippen molar-refractivity contribution < 1.29 is 0 Å². The first-order chi connectivity index (χ1) is 9.21. The molecule has 2 heteroatoms. The van der Waals surface area contributed by atoms with E-state index in [1.165, 1.54) is 51.6 Å². The monoisotopic (exact) mass is 264 g/mol. The van der Waals surface area contributed by atoms with E-state index in [-0.39, 0.29) is 0 Å². The van der Waals surface area contributed by atoms with E-state index in [1.54, 1.807) is 0 Å². The van der Waals surface area contributed by atoms with Gasteiger partial charge < -0.3 is 5.32 Å². The molecule has 2 rings (SSSR count). The van der Waals surface area contributed by atoms with Crippen molar-refractivity contribution in [1.29, 1.82) is 0 Å². The standard InChI is InChI=1S/C17H32N2/c1-4-6-12-19-14-17(10-8-7-9-11-17)18-13-16(19)15(3)5-2/h4,6,15-16,18H,5,7-14H2,1-3H3/b6-4+. The molecule has 1 N–H and O–H groups in total. The summed E-state index contributed by atoms with van der Waals surface area (Å²) < 4.78 is 0. The van der Waals surface area contributed by atoms with E-state index < -0.39 is 0 Å². The molecule has 110 valence electrons. The zero-order valence-corrected chi connectivity index (χ0v) is 13.1. The second kappa shape index (κ2) is 6.90. The molecule has 0 aromatic heterocycles. The number of rotatable bonds is 4. The summed E-state index contributed by atoms with van der Waals surface area (Å²) in [6, 6.07) is 0.716. The fourth-order valence-electron chi connectivity index (χ4n) is 3.85. The quantitative estimate of drug-likeness (QED) is 0.781. The predicted molar refractivity (Wildman–Crippen MR) is 83.4 cm³/mol. The predicted octanol–water partition coefficient (Wildman–Crippen LogP) is 3.59. The lowest BCUT2D eigenvalue weighted by atomic mass is 9.78. The summed E-state index contributed by atoms with van der Waals surface area (Å²) in [5, 5.41) is 3.94. The van der Waals surface area contributed by atoms with E-state index in [4.69, 9.17) is 0 Å². The first kappa shape index (κ1) is 15.1.